The molecule has 20 heavy (non-hydrogen) atoms. The number of nitrogens with zero attached hydrogens (tertiary/aromatic N) is 2. The summed E-state index contributed by atoms with van der Waals surface area (Å²) in [6.07, 6.45) is 3.21. The maximum absolute atomic E-state index is 12.2. The van der Waals surface area contributed by atoms with Crippen molar-refractivity contribution in [3.63, 3.8) is 0 Å². The number of aromatic nitrogens is 3. The van der Waals surface area contributed by atoms with Crippen LogP contribution in [0.5, 0.6) is 0 Å². The van der Waals surface area contributed by atoms with Gasteiger partial charge >= 0.3 is 0 Å². The monoisotopic (exact) mass is 267 g/mol. The van der Waals surface area contributed by atoms with E-state index in [-0.39, 0.29) is 5.91 Å². The van der Waals surface area contributed by atoms with Gasteiger partial charge < -0.3 is 10.3 Å². The van der Waals surface area contributed by atoms with Gasteiger partial charge in [-0.25, -0.2) is 9.97 Å². The molecule has 0 saturated heterocycles. The molecule has 0 spiro atoms. The van der Waals surface area contributed by atoms with Crippen molar-refractivity contribution in [2.45, 2.75) is 0 Å². The molecule has 0 aliphatic rings. The summed E-state index contributed by atoms with van der Waals surface area (Å²) in [5.41, 5.74) is 1.97. The Kier molecular flexibility index (Phi) is 3.04. The number of para-hydroxylation sites is 1. The Balaban J connectivity index is 2.01. The van der Waals surface area contributed by atoms with Crippen LogP contribution in [0.25, 0.3) is 10.9 Å². The molecule has 2 aromatic heterocycles. The SMILES string of the molecule is CNc1cc(C(=O)Nc2ncc[nH]2)nc2ccccc12. The number of hydrogen-bond acceptors (Lipinski definition) is 4. The number of rotatable bonds is 3. The number of benzene rings is 1. The van der Waals surface area contributed by atoms with E-state index >= 15 is 0 Å². The molecule has 3 N–H and O–H groups in total. The molecule has 0 aliphatic carbocycles. The lowest BCUT2D eigenvalue weighted by Gasteiger charge is -2.08. The molecule has 0 unspecified atom stereocenters. The number of amides is 1. The van der Waals surface area contributed by atoms with Crippen LogP contribution >= 0.6 is 0 Å². The van der Waals surface area contributed by atoms with E-state index in [9.17, 15) is 4.79 Å². The Morgan fingerprint density at radius 2 is 2.15 bits per heavy atom. The Bertz CT molecular complexity index is 751. The molecular formula is C14H13N5O. The van der Waals surface area contributed by atoms with Crippen molar-refractivity contribution in [1.29, 1.82) is 0 Å². The largest absolute Gasteiger partial charge is 0.388 e. The molecule has 0 radical (unpaired) electrons. The van der Waals surface area contributed by atoms with Crippen LogP contribution in [0.15, 0.2) is 42.7 Å². The van der Waals surface area contributed by atoms with Crippen molar-refractivity contribution in [2.75, 3.05) is 17.7 Å². The number of imidazole rings is 1. The van der Waals surface area contributed by atoms with E-state index in [1.54, 1.807) is 18.5 Å². The molecule has 3 aromatic rings. The van der Waals surface area contributed by atoms with Crippen LogP contribution in [0, 0.1) is 0 Å². The van der Waals surface area contributed by atoms with Gasteiger partial charge in [-0.3, -0.25) is 10.1 Å². The van der Waals surface area contributed by atoms with Crippen LogP contribution in [0.1, 0.15) is 10.5 Å². The third kappa shape index (κ3) is 2.18. The smallest absolute Gasteiger partial charge is 0.276 e. The predicted molar refractivity (Wildman–Crippen MR) is 77.8 cm³/mol. The summed E-state index contributed by atoms with van der Waals surface area (Å²) in [6.45, 7) is 0. The van der Waals surface area contributed by atoms with Crippen LogP contribution < -0.4 is 10.6 Å². The van der Waals surface area contributed by atoms with Gasteiger partial charge in [0, 0.05) is 30.5 Å². The highest BCUT2D eigenvalue weighted by molar-refractivity contribution is 6.05. The van der Waals surface area contributed by atoms with E-state index in [4.69, 9.17) is 0 Å². The zero-order valence-electron chi connectivity index (χ0n) is 10.8. The first-order chi connectivity index (χ1) is 9.78. The van der Waals surface area contributed by atoms with Crippen LogP contribution in [-0.2, 0) is 0 Å². The van der Waals surface area contributed by atoms with Crippen LogP contribution in [0.3, 0.4) is 0 Å². The average Bonchev–Trinajstić information content (AvgIpc) is 2.99. The number of anilines is 2. The summed E-state index contributed by atoms with van der Waals surface area (Å²) in [7, 11) is 1.82. The molecule has 1 aromatic carbocycles. The normalized spacial score (nSPS) is 10.4. The highest BCUT2D eigenvalue weighted by atomic mass is 16.2. The number of fused-ring (bicyclic) bond motifs is 1. The Hall–Kier alpha value is -2.89. The van der Waals surface area contributed by atoms with Gasteiger partial charge in [-0.2, -0.15) is 0 Å². The molecule has 0 atom stereocenters. The van der Waals surface area contributed by atoms with Crippen molar-refractivity contribution >= 4 is 28.4 Å². The minimum Gasteiger partial charge on any atom is -0.388 e. The molecule has 2 heterocycles. The number of pyridine rings is 1. The minimum absolute atomic E-state index is 0.304. The summed E-state index contributed by atoms with van der Waals surface area (Å²) >= 11 is 0. The zero-order valence-corrected chi connectivity index (χ0v) is 10.8. The Labute approximate surface area is 115 Å². The van der Waals surface area contributed by atoms with Crippen molar-refractivity contribution < 1.29 is 4.79 Å². The maximum atomic E-state index is 12.2. The number of carbonyl (C=O) groups excluding carboxylic acids is 1. The second-order valence-corrected chi connectivity index (χ2v) is 4.21. The average molecular weight is 267 g/mol. The van der Waals surface area contributed by atoms with Crippen molar-refractivity contribution in [3.05, 3.63) is 48.4 Å². The summed E-state index contributed by atoms with van der Waals surface area (Å²) < 4.78 is 0. The quantitative estimate of drug-likeness (QED) is 0.679. The van der Waals surface area contributed by atoms with Crippen molar-refractivity contribution in [1.82, 2.24) is 15.0 Å². The second kappa shape index (κ2) is 5.00. The fourth-order valence-corrected chi connectivity index (χ4v) is 2.00. The standard InChI is InChI=1S/C14H13N5O/c1-15-11-8-12(13(20)19-14-16-6-7-17-14)18-10-5-3-2-4-9(10)11/h2-8H,1H3,(H,15,18)(H2,16,17,19,20). The Morgan fingerprint density at radius 3 is 2.90 bits per heavy atom. The van der Waals surface area contributed by atoms with Gasteiger partial charge in [0.15, 0.2) is 0 Å². The molecule has 6 heteroatoms. The van der Waals surface area contributed by atoms with E-state index in [0.29, 0.717) is 11.6 Å². The topological polar surface area (TPSA) is 82.7 Å². The van der Waals surface area contributed by atoms with E-state index in [2.05, 4.69) is 25.6 Å². The maximum Gasteiger partial charge on any atom is 0.276 e. The molecule has 6 nitrogen and oxygen atoms in total. The second-order valence-electron chi connectivity index (χ2n) is 4.21. The minimum atomic E-state index is -0.304. The molecule has 0 aliphatic heterocycles. The summed E-state index contributed by atoms with van der Waals surface area (Å²) in [5.74, 6) is 0.0955. The highest BCUT2D eigenvalue weighted by Crippen LogP contribution is 2.22. The summed E-state index contributed by atoms with van der Waals surface area (Å²) in [4.78, 5) is 23.3. The third-order valence-corrected chi connectivity index (χ3v) is 2.95. The van der Waals surface area contributed by atoms with Gasteiger partial charge in [0.25, 0.3) is 5.91 Å². The molecular weight excluding hydrogens is 254 g/mol. The molecule has 0 saturated carbocycles. The summed E-state index contributed by atoms with van der Waals surface area (Å²) in [6, 6.07) is 9.39. The van der Waals surface area contributed by atoms with Gasteiger partial charge in [0.1, 0.15) is 5.69 Å². The van der Waals surface area contributed by atoms with Crippen LogP contribution in [0.2, 0.25) is 0 Å². The van der Waals surface area contributed by atoms with Gasteiger partial charge in [0.2, 0.25) is 5.95 Å². The first kappa shape index (κ1) is 12.2. The van der Waals surface area contributed by atoms with Gasteiger partial charge in [-0.05, 0) is 12.1 Å². The van der Waals surface area contributed by atoms with Crippen LogP contribution in [0.4, 0.5) is 11.6 Å². The van der Waals surface area contributed by atoms with Gasteiger partial charge in [-0.1, -0.05) is 18.2 Å². The fraction of sp³-hybridized carbons (Fsp3) is 0.0714. The van der Waals surface area contributed by atoms with E-state index in [1.165, 1.54) is 0 Å². The Morgan fingerprint density at radius 1 is 1.30 bits per heavy atom. The third-order valence-electron chi connectivity index (χ3n) is 2.95. The molecule has 0 fully saturated rings. The lowest BCUT2D eigenvalue weighted by Crippen LogP contribution is -2.15. The lowest BCUT2D eigenvalue weighted by atomic mass is 10.1. The number of H-pyrrole nitrogens is 1. The van der Waals surface area contributed by atoms with Gasteiger partial charge in [0.05, 0.1) is 5.52 Å². The van der Waals surface area contributed by atoms with Crippen molar-refractivity contribution in [2.24, 2.45) is 0 Å². The number of hydrogen-bond donors (Lipinski definition) is 3. The lowest BCUT2D eigenvalue weighted by molar-refractivity contribution is 0.102. The van der Waals surface area contributed by atoms with E-state index in [0.717, 1.165) is 16.6 Å². The molecule has 0 bridgehead atoms. The zero-order chi connectivity index (χ0) is 13.9. The molecule has 1 amide bonds. The number of nitrogens with one attached hydrogen (secondary N) is 3. The predicted octanol–water partition coefficient (Wildman–Crippen LogP) is 2.25. The number of aromatic amines is 1. The first-order valence-electron chi connectivity index (χ1n) is 6.16. The fourth-order valence-electron chi connectivity index (χ4n) is 2.00. The highest BCUT2D eigenvalue weighted by Gasteiger charge is 2.12. The van der Waals surface area contributed by atoms with E-state index in [1.807, 2.05) is 31.3 Å². The first-order valence-corrected chi connectivity index (χ1v) is 6.16. The van der Waals surface area contributed by atoms with Gasteiger partial charge in [-0.15, -0.1) is 0 Å². The van der Waals surface area contributed by atoms with Crippen molar-refractivity contribution in [3.8, 4) is 0 Å². The van der Waals surface area contributed by atoms with Crippen LogP contribution in [-0.4, -0.2) is 27.9 Å². The van der Waals surface area contributed by atoms with E-state index < -0.39 is 0 Å². The summed E-state index contributed by atoms with van der Waals surface area (Å²) in [5, 5.41) is 6.72. The molecule has 100 valence electrons. The number of carbonyl (C=O) groups is 1. The molecule has 3 rings (SSSR count).